The van der Waals surface area contributed by atoms with Crippen molar-refractivity contribution in [2.75, 3.05) is 7.11 Å². The fourth-order valence-electron chi connectivity index (χ4n) is 1.22. The van der Waals surface area contributed by atoms with Gasteiger partial charge in [0.1, 0.15) is 0 Å². The molecule has 7 nitrogen and oxygen atoms in total. The van der Waals surface area contributed by atoms with Crippen LogP contribution in [-0.2, 0) is 9.53 Å². The smallest absolute Gasteiger partial charge is 0.339 e. The second-order valence-electron chi connectivity index (χ2n) is 3.24. The van der Waals surface area contributed by atoms with Gasteiger partial charge in [0.2, 0.25) is 0 Å². The first kappa shape index (κ1) is 15.4. The van der Waals surface area contributed by atoms with Crippen LogP contribution < -0.4 is 4.74 Å². The van der Waals surface area contributed by atoms with Crippen molar-refractivity contribution in [3.05, 3.63) is 31.2 Å². The lowest BCUT2D eigenvalue weighted by Crippen LogP contribution is -2.09. The number of nitrogens with zero attached hydrogens (tertiary/aromatic N) is 1. The van der Waals surface area contributed by atoms with E-state index in [1.807, 2.05) is 0 Å². The first-order valence-electron chi connectivity index (χ1n) is 4.72. The Labute approximate surface area is 120 Å². The Hall–Kier alpha value is -1.67. The van der Waals surface area contributed by atoms with E-state index in [0.29, 0.717) is 0 Å². The molecule has 1 aromatic carbocycles. The van der Waals surface area contributed by atoms with Gasteiger partial charge in [-0.1, -0.05) is 11.6 Å². The van der Waals surface area contributed by atoms with Crippen LogP contribution in [0.1, 0.15) is 17.3 Å². The monoisotopic (exact) mass is 351 g/mol. The van der Waals surface area contributed by atoms with Gasteiger partial charge in [-0.15, -0.1) is 0 Å². The molecule has 102 valence electrons. The van der Waals surface area contributed by atoms with E-state index in [4.69, 9.17) is 16.3 Å². The fraction of sp³-hybridized carbons (Fsp3) is 0.200. The Kier molecular flexibility index (Phi) is 4.84. The third-order valence-electron chi connectivity index (χ3n) is 1.99. The maximum Gasteiger partial charge on any atom is 0.339 e. The molecule has 0 N–H and O–H groups in total. The molecular formula is C10H7BrClNO6. The minimum Gasteiger partial charge on any atom is -0.465 e. The number of hydrogen-bond donors (Lipinski definition) is 0. The van der Waals surface area contributed by atoms with Crippen molar-refractivity contribution in [3.63, 3.8) is 0 Å². The lowest BCUT2D eigenvalue weighted by molar-refractivity contribution is -0.384. The summed E-state index contributed by atoms with van der Waals surface area (Å²) in [6, 6.07) is 0.936. The number of carbonyl (C=O) groups is 2. The average Bonchev–Trinajstić information content (AvgIpc) is 2.33. The van der Waals surface area contributed by atoms with E-state index in [-0.39, 0.29) is 20.8 Å². The van der Waals surface area contributed by atoms with Gasteiger partial charge in [-0.3, -0.25) is 14.9 Å². The largest absolute Gasteiger partial charge is 0.465 e. The summed E-state index contributed by atoms with van der Waals surface area (Å²) in [6.45, 7) is 1.10. The van der Waals surface area contributed by atoms with Gasteiger partial charge in [0, 0.05) is 13.0 Å². The van der Waals surface area contributed by atoms with Crippen LogP contribution in [0.25, 0.3) is 0 Å². The van der Waals surface area contributed by atoms with Crippen molar-refractivity contribution >= 4 is 45.2 Å². The maximum atomic E-state index is 11.5. The van der Waals surface area contributed by atoms with Gasteiger partial charge in [-0.25, -0.2) is 4.79 Å². The molecule has 0 atom stereocenters. The summed E-state index contributed by atoms with van der Waals surface area (Å²) in [6.07, 6.45) is 0. The Morgan fingerprint density at radius 1 is 1.47 bits per heavy atom. The van der Waals surface area contributed by atoms with Crippen LogP contribution in [0.2, 0.25) is 5.02 Å². The summed E-state index contributed by atoms with van der Waals surface area (Å²) in [4.78, 5) is 32.5. The third-order valence-corrected chi connectivity index (χ3v) is 3.14. The molecule has 0 aliphatic carbocycles. The first-order valence-corrected chi connectivity index (χ1v) is 5.89. The van der Waals surface area contributed by atoms with E-state index >= 15 is 0 Å². The van der Waals surface area contributed by atoms with E-state index < -0.39 is 22.5 Å². The molecule has 0 spiro atoms. The molecule has 0 bridgehead atoms. The molecule has 0 saturated heterocycles. The maximum absolute atomic E-state index is 11.5. The number of hydrogen-bond acceptors (Lipinski definition) is 6. The van der Waals surface area contributed by atoms with Crippen molar-refractivity contribution in [1.29, 1.82) is 0 Å². The van der Waals surface area contributed by atoms with Crippen LogP contribution in [0.5, 0.6) is 5.75 Å². The normalized spacial score (nSPS) is 9.89. The number of ether oxygens (including phenoxy) is 2. The van der Waals surface area contributed by atoms with Gasteiger partial charge in [0.15, 0.2) is 10.8 Å². The Balaban J connectivity index is 3.60. The number of benzene rings is 1. The standard InChI is InChI=1S/C10H7BrClNO6/c1-4(14)19-9-7(11)5(10(15)18-2)3-6(8(9)12)13(16)17/h3H,1-2H3. The number of nitro groups is 1. The van der Waals surface area contributed by atoms with Gasteiger partial charge in [-0.2, -0.15) is 0 Å². The van der Waals surface area contributed by atoms with Gasteiger partial charge in [-0.05, 0) is 15.9 Å². The second-order valence-corrected chi connectivity index (χ2v) is 4.41. The first-order chi connectivity index (χ1) is 8.79. The molecule has 0 saturated carbocycles. The SMILES string of the molecule is COC(=O)c1cc([N+](=O)[O-])c(Cl)c(OC(C)=O)c1Br. The predicted octanol–water partition coefficient (Wildman–Crippen LogP) is 2.72. The van der Waals surface area contributed by atoms with E-state index in [1.54, 1.807) is 0 Å². The Morgan fingerprint density at radius 3 is 2.47 bits per heavy atom. The Bertz CT molecular complexity index is 574. The van der Waals surface area contributed by atoms with Gasteiger partial charge in [0.05, 0.1) is 22.1 Å². The van der Waals surface area contributed by atoms with E-state index in [0.717, 1.165) is 20.1 Å². The minimum atomic E-state index is -0.833. The number of rotatable bonds is 3. The fourth-order valence-corrected chi connectivity index (χ4v) is 2.15. The van der Waals surface area contributed by atoms with Crippen molar-refractivity contribution in [2.24, 2.45) is 0 Å². The summed E-state index contributed by atoms with van der Waals surface area (Å²) in [5.41, 5.74) is -0.739. The molecule has 0 radical (unpaired) electrons. The zero-order valence-electron chi connectivity index (χ0n) is 9.73. The summed E-state index contributed by atoms with van der Waals surface area (Å²) >= 11 is 8.77. The predicted molar refractivity (Wildman–Crippen MR) is 68.5 cm³/mol. The van der Waals surface area contributed by atoms with Crippen LogP contribution in [0.15, 0.2) is 10.5 Å². The van der Waals surface area contributed by atoms with Gasteiger partial charge in [0.25, 0.3) is 5.69 Å². The molecule has 0 amide bonds. The zero-order chi connectivity index (χ0) is 14.7. The molecule has 1 rings (SSSR count). The van der Waals surface area contributed by atoms with Crippen molar-refractivity contribution < 1.29 is 24.0 Å². The lowest BCUT2D eigenvalue weighted by Gasteiger charge is -2.10. The minimum absolute atomic E-state index is 0.00477. The van der Waals surface area contributed by atoms with Crippen molar-refractivity contribution in [1.82, 2.24) is 0 Å². The number of esters is 2. The quantitative estimate of drug-likeness (QED) is 0.359. The van der Waals surface area contributed by atoms with Crippen LogP contribution in [-0.4, -0.2) is 24.0 Å². The number of halogens is 2. The van der Waals surface area contributed by atoms with Crippen LogP contribution in [0.3, 0.4) is 0 Å². The molecule has 0 aromatic heterocycles. The lowest BCUT2D eigenvalue weighted by atomic mass is 10.2. The third kappa shape index (κ3) is 3.21. The van der Waals surface area contributed by atoms with Gasteiger partial charge >= 0.3 is 11.9 Å². The van der Waals surface area contributed by atoms with Crippen LogP contribution in [0, 0.1) is 10.1 Å². The zero-order valence-corrected chi connectivity index (χ0v) is 12.1. The van der Waals surface area contributed by atoms with E-state index in [2.05, 4.69) is 20.7 Å². The van der Waals surface area contributed by atoms with E-state index in [1.165, 1.54) is 0 Å². The molecule has 1 aromatic rings. The number of methoxy groups -OCH3 is 1. The Morgan fingerprint density at radius 2 is 2.05 bits per heavy atom. The summed E-state index contributed by atoms with van der Waals surface area (Å²) in [7, 11) is 1.11. The van der Waals surface area contributed by atoms with Gasteiger partial charge < -0.3 is 9.47 Å². The number of nitro benzene ring substituents is 1. The molecule has 0 aliphatic rings. The number of carbonyl (C=O) groups excluding carboxylic acids is 2. The highest BCUT2D eigenvalue weighted by Crippen LogP contribution is 2.42. The molecule has 0 heterocycles. The topological polar surface area (TPSA) is 95.7 Å². The average molecular weight is 353 g/mol. The van der Waals surface area contributed by atoms with E-state index in [9.17, 15) is 19.7 Å². The summed E-state index contributed by atoms with van der Waals surface area (Å²) < 4.78 is 9.25. The molecule has 9 heteroatoms. The highest BCUT2D eigenvalue weighted by molar-refractivity contribution is 9.10. The summed E-state index contributed by atoms with van der Waals surface area (Å²) in [5, 5.41) is 10.5. The highest BCUT2D eigenvalue weighted by Gasteiger charge is 2.27. The highest BCUT2D eigenvalue weighted by atomic mass is 79.9. The van der Waals surface area contributed by atoms with Crippen molar-refractivity contribution in [2.45, 2.75) is 6.92 Å². The molecule has 19 heavy (non-hydrogen) atoms. The molecule has 0 unspecified atom stereocenters. The second kappa shape index (κ2) is 5.98. The molecular weight excluding hydrogens is 345 g/mol. The van der Waals surface area contributed by atoms with Crippen LogP contribution in [0.4, 0.5) is 5.69 Å². The summed E-state index contributed by atoms with van der Waals surface area (Å²) in [5.74, 6) is -1.87. The van der Waals surface area contributed by atoms with Crippen LogP contribution >= 0.6 is 27.5 Å². The molecule has 0 fully saturated rings. The molecule has 0 aliphatic heterocycles. The van der Waals surface area contributed by atoms with Crippen molar-refractivity contribution in [3.8, 4) is 5.75 Å².